The largest absolute Gasteiger partial charge is 0.437 e. The average molecular weight is 250 g/mol. The zero-order chi connectivity index (χ0) is 13.1. The van der Waals surface area contributed by atoms with Crippen molar-refractivity contribution in [2.75, 3.05) is 0 Å². The van der Waals surface area contributed by atoms with E-state index in [-0.39, 0.29) is 23.2 Å². The number of amidine groups is 1. The molecule has 0 saturated heterocycles. The molecule has 3 N–H and O–H groups in total. The van der Waals surface area contributed by atoms with E-state index in [1.165, 1.54) is 18.5 Å². The van der Waals surface area contributed by atoms with Crippen LogP contribution >= 0.6 is 0 Å². The minimum atomic E-state index is -1.01. The van der Waals surface area contributed by atoms with Crippen molar-refractivity contribution in [3.05, 3.63) is 47.9 Å². The molecule has 0 spiro atoms. The number of benzene rings is 1. The summed E-state index contributed by atoms with van der Waals surface area (Å²) in [6.45, 7) is 0. The molecule has 7 heteroatoms. The minimum absolute atomic E-state index is 0.0889. The van der Waals surface area contributed by atoms with Gasteiger partial charge in [0.1, 0.15) is 17.3 Å². The van der Waals surface area contributed by atoms with Crippen molar-refractivity contribution in [1.82, 2.24) is 9.97 Å². The van der Waals surface area contributed by atoms with Gasteiger partial charge < -0.3 is 10.5 Å². The molecular weight excluding hydrogens is 242 g/mol. The Labute approximate surface area is 101 Å². The van der Waals surface area contributed by atoms with E-state index in [0.29, 0.717) is 0 Å². The van der Waals surface area contributed by atoms with E-state index < -0.39 is 11.6 Å². The topological polar surface area (TPSA) is 84.9 Å². The smallest absolute Gasteiger partial charge is 0.237 e. The lowest BCUT2D eigenvalue weighted by atomic mass is 10.3. The lowest BCUT2D eigenvalue weighted by Crippen LogP contribution is -2.13. The van der Waals surface area contributed by atoms with Gasteiger partial charge in [0, 0.05) is 6.07 Å². The Hall–Kier alpha value is -2.57. The van der Waals surface area contributed by atoms with Crippen LogP contribution in [0, 0.1) is 17.0 Å². The molecule has 1 heterocycles. The summed E-state index contributed by atoms with van der Waals surface area (Å²) in [5, 5.41) is 7.12. The summed E-state index contributed by atoms with van der Waals surface area (Å²) in [4.78, 5) is 7.64. The fraction of sp³-hybridized carbons (Fsp3) is 0. The number of nitrogens with two attached hydrogens (primary N) is 1. The van der Waals surface area contributed by atoms with E-state index in [0.717, 1.165) is 12.1 Å². The van der Waals surface area contributed by atoms with Gasteiger partial charge in [-0.15, -0.1) is 0 Å². The summed E-state index contributed by atoms with van der Waals surface area (Å²) < 4.78 is 30.8. The zero-order valence-electron chi connectivity index (χ0n) is 9.02. The molecule has 0 aliphatic rings. The van der Waals surface area contributed by atoms with E-state index in [2.05, 4.69) is 9.97 Å². The zero-order valence-corrected chi connectivity index (χ0v) is 9.02. The molecule has 0 aliphatic carbocycles. The number of nitrogens with one attached hydrogen (secondary N) is 1. The molecule has 18 heavy (non-hydrogen) atoms. The van der Waals surface area contributed by atoms with Crippen molar-refractivity contribution >= 4 is 5.84 Å². The van der Waals surface area contributed by atoms with Gasteiger partial charge in [-0.1, -0.05) is 0 Å². The quantitative estimate of drug-likeness (QED) is 0.642. The lowest BCUT2D eigenvalue weighted by molar-refractivity contribution is 0.445. The first-order valence-corrected chi connectivity index (χ1v) is 4.85. The van der Waals surface area contributed by atoms with Crippen molar-refractivity contribution in [3.8, 4) is 11.6 Å². The van der Waals surface area contributed by atoms with Gasteiger partial charge >= 0.3 is 0 Å². The van der Waals surface area contributed by atoms with Crippen molar-refractivity contribution < 1.29 is 13.5 Å². The Morgan fingerprint density at radius 2 is 1.94 bits per heavy atom. The average Bonchev–Trinajstić information content (AvgIpc) is 2.34. The predicted octanol–water partition coefficient (Wildman–Crippen LogP) is 1.83. The molecule has 2 aromatic rings. The monoisotopic (exact) mass is 250 g/mol. The van der Waals surface area contributed by atoms with E-state index in [9.17, 15) is 8.78 Å². The van der Waals surface area contributed by atoms with Gasteiger partial charge in [0.2, 0.25) is 5.88 Å². The van der Waals surface area contributed by atoms with Gasteiger partial charge in [-0.3, -0.25) is 5.41 Å². The van der Waals surface area contributed by atoms with Gasteiger partial charge in [0.25, 0.3) is 0 Å². The van der Waals surface area contributed by atoms with Crippen LogP contribution in [-0.2, 0) is 0 Å². The maximum absolute atomic E-state index is 12.9. The standard InChI is InChI=1S/C11H8F2N4O/c12-7-2-1-6(3-8(7)13)18-10-5-16-9(4-17-10)11(14)15/h1-5H,(H3,14,15). The number of hydrogen-bond acceptors (Lipinski definition) is 4. The number of aromatic nitrogens is 2. The Morgan fingerprint density at radius 3 is 2.50 bits per heavy atom. The first-order chi connectivity index (χ1) is 8.56. The van der Waals surface area contributed by atoms with Gasteiger partial charge in [0.15, 0.2) is 11.6 Å². The molecule has 5 nitrogen and oxygen atoms in total. The van der Waals surface area contributed by atoms with Crippen LogP contribution in [0.5, 0.6) is 11.6 Å². The van der Waals surface area contributed by atoms with E-state index in [1.807, 2.05) is 0 Å². The Kier molecular flexibility index (Phi) is 3.13. The Bertz CT molecular complexity index is 586. The second kappa shape index (κ2) is 4.74. The van der Waals surface area contributed by atoms with Gasteiger partial charge in [-0.05, 0) is 12.1 Å². The first-order valence-electron chi connectivity index (χ1n) is 4.85. The van der Waals surface area contributed by atoms with Gasteiger partial charge in [-0.2, -0.15) is 0 Å². The summed E-state index contributed by atoms with van der Waals surface area (Å²) in [5.74, 6) is -2.01. The van der Waals surface area contributed by atoms with E-state index >= 15 is 0 Å². The number of ether oxygens (including phenoxy) is 1. The highest BCUT2D eigenvalue weighted by atomic mass is 19.2. The molecular formula is C11H8F2N4O. The predicted molar refractivity (Wildman–Crippen MR) is 59.5 cm³/mol. The molecule has 0 aliphatic heterocycles. The SMILES string of the molecule is N=C(N)c1cnc(Oc2ccc(F)c(F)c2)cn1. The molecule has 0 amide bonds. The van der Waals surface area contributed by atoms with E-state index in [1.54, 1.807) is 0 Å². The highest BCUT2D eigenvalue weighted by Crippen LogP contribution is 2.20. The summed E-state index contributed by atoms with van der Waals surface area (Å²) >= 11 is 0. The molecule has 1 aromatic carbocycles. The molecule has 0 radical (unpaired) electrons. The van der Waals surface area contributed by atoms with Crippen LogP contribution in [0.1, 0.15) is 5.69 Å². The maximum atomic E-state index is 12.9. The second-order valence-electron chi connectivity index (χ2n) is 3.33. The summed E-state index contributed by atoms with van der Waals surface area (Å²) in [7, 11) is 0. The van der Waals surface area contributed by atoms with Crippen LogP contribution < -0.4 is 10.5 Å². The highest BCUT2D eigenvalue weighted by molar-refractivity contribution is 5.92. The third-order valence-corrected chi connectivity index (χ3v) is 2.02. The normalized spacial score (nSPS) is 10.1. The third kappa shape index (κ3) is 2.57. The molecule has 0 saturated carbocycles. The number of nitrogen functional groups attached to an aromatic ring is 1. The van der Waals surface area contributed by atoms with Crippen molar-refractivity contribution in [3.63, 3.8) is 0 Å². The molecule has 0 bridgehead atoms. The van der Waals surface area contributed by atoms with E-state index in [4.69, 9.17) is 15.9 Å². The third-order valence-electron chi connectivity index (χ3n) is 2.02. The number of nitrogens with zero attached hydrogens (tertiary/aromatic N) is 2. The molecule has 92 valence electrons. The number of rotatable bonds is 3. The molecule has 1 aromatic heterocycles. The lowest BCUT2D eigenvalue weighted by Gasteiger charge is -2.05. The molecule has 2 rings (SSSR count). The van der Waals surface area contributed by atoms with Crippen LogP contribution in [0.2, 0.25) is 0 Å². The van der Waals surface area contributed by atoms with Crippen LogP contribution in [0.15, 0.2) is 30.6 Å². The summed E-state index contributed by atoms with van der Waals surface area (Å²) in [5.41, 5.74) is 5.40. The molecule has 0 atom stereocenters. The van der Waals surface area contributed by atoms with Crippen LogP contribution in [0.4, 0.5) is 8.78 Å². The van der Waals surface area contributed by atoms with Crippen LogP contribution in [-0.4, -0.2) is 15.8 Å². The number of hydrogen-bond donors (Lipinski definition) is 2. The van der Waals surface area contributed by atoms with Crippen LogP contribution in [0.25, 0.3) is 0 Å². The Morgan fingerprint density at radius 1 is 1.17 bits per heavy atom. The van der Waals surface area contributed by atoms with Gasteiger partial charge in [-0.25, -0.2) is 18.7 Å². The van der Waals surface area contributed by atoms with Crippen molar-refractivity contribution in [1.29, 1.82) is 5.41 Å². The Balaban J connectivity index is 2.18. The van der Waals surface area contributed by atoms with Crippen LogP contribution in [0.3, 0.4) is 0 Å². The van der Waals surface area contributed by atoms with Crippen molar-refractivity contribution in [2.45, 2.75) is 0 Å². The van der Waals surface area contributed by atoms with Crippen molar-refractivity contribution in [2.24, 2.45) is 5.73 Å². The summed E-state index contributed by atoms with van der Waals surface area (Å²) in [6, 6.07) is 3.11. The maximum Gasteiger partial charge on any atom is 0.237 e. The highest BCUT2D eigenvalue weighted by Gasteiger charge is 2.06. The summed E-state index contributed by atoms with van der Waals surface area (Å²) in [6.07, 6.45) is 2.48. The molecule has 0 unspecified atom stereocenters. The first kappa shape index (κ1) is 11.9. The fourth-order valence-corrected chi connectivity index (χ4v) is 1.17. The second-order valence-corrected chi connectivity index (χ2v) is 3.33. The molecule has 0 fully saturated rings. The van der Waals surface area contributed by atoms with Gasteiger partial charge in [0.05, 0.1) is 12.4 Å². The fourth-order valence-electron chi connectivity index (χ4n) is 1.17. The number of halogens is 2. The minimum Gasteiger partial charge on any atom is -0.437 e.